The molecule has 0 aliphatic carbocycles. The number of nitrogens with one attached hydrogen (secondary N) is 3. The van der Waals surface area contributed by atoms with E-state index >= 15 is 0 Å². The predicted molar refractivity (Wildman–Crippen MR) is 186 cm³/mol. The van der Waals surface area contributed by atoms with Gasteiger partial charge in [0.05, 0.1) is 25.4 Å². The summed E-state index contributed by atoms with van der Waals surface area (Å²) in [5, 5.41) is 8.79. The Hall–Kier alpha value is -5.37. The maximum absolute atomic E-state index is 14.2. The number of rotatable bonds is 8. The Morgan fingerprint density at radius 1 is 0.961 bits per heavy atom. The van der Waals surface area contributed by atoms with Crippen molar-refractivity contribution >= 4 is 29.5 Å². The summed E-state index contributed by atoms with van der Waals surface area (Å²) < 4.78 is 11.1. The highest BCUT2D eigenvalue weighted by Crippen LogP contribution is 2.31. The Morgan fingerprint density at radius 3 is 2.47 bits per heavy atom. The maximum Gasteiger partial charge on any atom is 0.274 e. The van der Waals surface area contributed by atoms with Crippen LogP contribution in [0.4, 0.5) is 0 Å². The van der Waals surface area contributed by atoms with Crippen LogP contribution in [0.1, 0.15) is 47.8 Å². The maximum atomic E-state index is 14.2. The third-order valence-electron chi connectivity index (χ3n) is 8.86. The summed E-state index contributed by atoms with van der Waals surface area (Å²) in [5.74, 6) is -2.17. The zero-order valence-corrected chi connectivity index (χ0v) is 29.1. The molecule has 270 valence electrons. The molecule has 2 bridgehead atoms. The Bertz CT molecular complexity index is 1670. The van der Waals surface area contributed by atoms with E-state index in [1.807, 2.05) is 50.2 Å². The first kappa shape index (κ1) is 36.9. The van der Waals surface area contributed by atoms with Gasteiger partial charge in [-0.1, -0.05) is 56.3 Å². The molecule has 2 aliphatic heterocycles. The summed E-state index contributed by atoms with van der Waals surface area (Å²) in [5.41, 5.74) is 1.77. The van der Waals surface area contributed by atoms with Gasteiger partial charge in [0.1, 0.15) is 23.5 Å². The van der Waals surface area contributed by atoms with Gasteiger partial charge in [-0.3, -0.25) is 29.0 Å². The van der Waals surface area contributed by atoms with Crippen molar-refractivity contribution in [2.75, 3.05) is 46.5 Å². The van der Waals surface area contributed by atoms with E-state index in [9.17, 15) is 24.0 Å². The molecule has 51 heavy (non-hydrogen) atoms. The van der Waals surface area contributed by atoms with Gasteiger partial charge in [-0.2, -0.15) is 0 Å². The average Bonchev–Trinajstić information content (AvgIpc) is 3.55. The van der Waals surface area contributed by atoms with Gasteiger partial charge in [-0.15, -0.1) is 0 Å². The van der Waals surface area contributed by atoms with Crippen molar-refractivity contribution < 1.29 is 33.4 Å². The van der Waals surface area contributed by atoms with E-state index < -0.39 is 41.8 Å². The van der Waals surface area contributed by atoms with Crippen LogP contribution in [0.5, 0.6) is 5.75 Å². The second-order valence-electron chi connectivity index (χ2n) is 13.2. The summed E-state index contributed by atoms with van der Waals surface area (Å²) in [6, 6.07) is 14.0. The number of hydrogen-bond donors (Lipinski definition) is 3. The minimum absolute atomic E-state index is 0.0477. The molecular formula is C37H45N7O7. The molecule has 2 aromatic carbocycles. The zero-order chi connectivity index (χ0) is 36.3. The van der Waals surface area contributed by atoms with E-state index in [1.165, 1.54) is 30.6 Å². The quantitative estimate of drug-likeness (QED) is 0.314. The van der Waals surface area contributed by atoms with Gasteiger partial charge in [0.15, 0.2) is 6.61 Å². The van der Waals surface area contributed by atoms with Crippen molar-refractivity contribution in [2.24, 2.45) is 5.92 Å². The molecular weight excluding hydrogens is 654 g/mol. The molecule has 0 saturated carbocycles. The number of carbonyl (C=O) groups excluding carboxylic acids is 5. The van der Waals surface area contributed by atoms with Crippen LogP contribution in [0.25, 0.3) is 0 Å². The predicted octanol–water partition coefficient (Wildman–Crippen LogP) is 1.33. The van der Waals surface area contributed by atoms with E-state index in [0.29, 0.717) is 12.2 Å². The molecule has 5 amide bonds. The summed E-state index contributed by atoms with van der Waals surface area (Å²) in [7, 11) is 1.49. The van der Waals surface area contributed by atoms with Crippen LogP contribution in [0, 0.1) is 5.92 Å². The number of nitrogens with zero attached hydrogens (tertiary/aromatic N) is 4. The summed E-state index contributed by atoms with van der Waals surface area (Å²) in [6.07, 6.45) is 4.83. The lowest BCUT2D eigenvalue weighted by Gasteiger charge is -2.29. The molecule has 14 nitrogen and oxygen atoms in total. The lowest BCUT2D eigenvalue weighted by Crippen LogP contribution is -2.56. The summed E-state index contributed by atoms with van der Waals surface area (Å²) in [4.78, 5) is 79.5. The van der Waals surface area contributed by atoms with Crippen LogP contribution in [0.3, 0.4) is 0 Å². The van der Waals surface area contributed by atoms with E-state index in [0.717, 1.165) is 11.1 Å². The SMILES string of the molecule is COCCN1CC(=O)N[C@@H](Cc2ccccc2)C(=O)N[C@H]2CN(C(=O)c3cnccn3)C[C@@H]2c2cccc(c2)OCC(=O)N[C@H](CC(C)C)C1=O. The fourth-order valence-corrected chi connectivity index (χ4v) is 6.38. The molecule has 1 aromatic heterocycles. The number of fused-ring (bicyclic) bond motifs is 4. The standard InChI is InChI=1S/C37H45N7O7/c1-24(2)16-30-36(48)43(14-15-50-3)22-33(45)40-29(17-25-8-5-4-6-9-25)35(47)42-32-21-44(37(49)31-19-38-12-13-39-31)20-28(32)26-10-7-11-27(18-26)51-23-34(46)41-30/h4-13,18-19,24,28-30,32H,14-17,20-23H2,1-3H3,(H,40,45)(H,41,46)(H,42,47)/t28-,29+,30-,32+/m1/s1. The third kappa shape index (κ3) is 10.1. The van der Waals surface area contributed by atoms with Gasteiger partial charge < -0.3 is 35.2 Å². The van der Waals surface area contributed by atoms with Crippen LogP contribution in [0.2, 0.25) is 0 Å². The highest BCUT2D eigenvalue weighted by molar-refractivity contribution is 5.94. The number of carbonyl (C=O) groups is 5. The fraction of sp³-hybridized carbons (Fsp3) is 0.432. The third-order valence-corrected chi connectivity index (χ3v) is 8.86. The molecule has 2 aliphatic rings. The smallest absolute Gasteiger partial charge is 0.274 e. The lowest BCUT2D eigenvalue weighted by molar-refractivity contribution is -0.141. The topological polar surface area (TPSA) is 172 Å². The molecule has 5 rings (SSSR count). The molecule has 3 N–H and O–H groups in total. The minimum atomic E-state index is -1.01. The monoisotopic (exact) mass is 699 g/mol. The molecule has 3 heterocycles. The van der Waals surface area contributed by atoms with Crippen LogP contribution in [-0.4, -0.2) is 114 Å². The largest absolute Gasteiger partial charge is 0.484 e. The second kappa shape index (κ2) is 17.5. The normalized spacial score (nSPS) is 21.9. The van der Waals surface area contributed by atoms with E-state index in [1.54, 1.807) is 23.1 Å². The number of amides is 5. The Morgan fingerprint density at radius 2 is 1.75 bits per heavy atom. The number of aromatic nitrogens is 2. The van der Waals surface area contributed by atoms with E-state index in [4.69, 9.17) is 9.47 Å². The molecule has 3 aromatic rings. The molecule has 0 radical (unpaired) electrons. The highest BCUT2D eigenvalue weighted by atomic mass is 16.5. The number of ether oxygens (including phenoxy) is 2. The van der Waals surface area contributed by atoms with E-state index in [-0.39, 0.29) is 69.3 Å². The molecule has 0 spiro atoms. The van der Waals surface area contributed by atoms with Crippen molar-refractivity contribution in [1.29, 1.82) is 0 Å². The Labute approximate surface area is 297 Å². The van der Waals surface area contributed by atoms with Crippen molar-refractivity contribution in [2.45, 2.75) is 50.7 Å². The second-order valence-corrected chi connectivity index (χ2v) is 13.2. The van der Waals surface area contributed by atoms with Gasteiger partial charge >= 0.3 is 0 Å². The minimum Gasteiger partial charge on any atom is -0.484 e. The van der Waals surface area contributed by atoms with Crippen molar-refractivity contribution in [3.63, 3.8) is 0 Å². The molecule has 1 fully saturated rings. The van der Waals surface area contributed by atoms with Gasteiger partial charge in [0.25, 0.3) is 11.8 Å². The Balaban J connectivity index is 1.50. The van der Waals surface area contributed by atoms with Crippen molar-refractivity contribution in [3.8, 4) is 5.75 Å². The number of hydrogen-bond acceptors (Lipinski definition) is 9. The lowest BCUT2D eigenvalue weighted by atomic mass is 9.93. The van der Waals surface area contributed by atoms with Gasteiger partial charge in [-0.25, -0.2) is 4.98 Å². The van der Waals surface area contributed by atoms with Crippen LogP contribution in [0.15, 0.2) is 73.2 Å². The average molecular weight is 700 g/mol. The number of methoxy groups -OCH3 is 1. The summed E-state index contributed by atoms with van der Waals surface area (Å²) >= 11 is 0. The van der Waals surface area contributed by atoms with Gasteiger partial charge in [-0.05, 0) is 35.6 Å². The molecule has 4 atom stereocenters. The Kier molecular flexibility index (Phi) is 12.7. The molecule has 0 unspecified atom stereocenters. The van der Waals surface area contributed by atoms with E-state index in [2.05, 4.69) is 25.9 Å². The fourth-order valence-electron chi connectivity index (χ4n) is 6.38. The zero-order valence-electron chi connectivity index (χ0n) is 29.1. The van der Waals surface area contributed by atoms with Crippen LogP contribution >= 0.6 is 0 Å². The first-order valence-electron chi connectivity index (χ1n) is 17.1. The number of likely N-dealkylation sites (tertiary alicyclic amines) is 1. The highest BCUT2D eigenvalue weighted by Gasteiger charge is 2.39. The van der Waals surface area contributed by atoms with Gasteiger partial charge in [0.2, 0.25) is 17.7 Å². The molecule has 1 saturated heterocycles. The first-order chi connectivity index (χ1) is 24.6. The van der Waals surface area contributed by atoms with Gasteiger partial charge in [0, 0.05) is 51.5 Å². The van der Waals surface area contributed by atoms with Crippen molar-refractivity contribution in [1.82, 2.24) is 35.7 Å². The number of benzene rings is 2. The van der Waals surface area contributed by atoms with Crippen LogP contribution in [-0.2, 0) is 30.3 Å². The summed E-state index contributed by atoms with van der Waals surface area (Å²) in [6.45, 7) is 3.82. The van der Waals surface area contributed by atoms with Crippen LogP contribution < -0.4 is 20.7 Å². The first-order valence-corrected chi connectivity index (χ1v) is 17.1. The molecule has 14 heteroatoms. The van der Waals surface area contributed by atoms with Crippen molar-refractivity contribution in [3.05, 3.63) is 90.0 Å².